The number of nitrogens with zero attached hydrogens (tertiary/aromatic N) is 2. The third-order valence-corrected chi connectivity index (χ3v) is 3.48. The maximum Gasteiger partial charge on any atom is 0.274 e. The summed E-state index contributed by atoms with van der Waals surface area (Å²) in [5, 5.41) is 13.9. The number of piperidine rings is 1. The van der Waals surface area contributed by atoms with E-state index >= 15 is 0 Å². The number of likely N-dealkylation sites (N-methyl/N-ethyl adjacent to an activating group) is 1. The van der Waals surface area contributed by atoms with Crippen LogP contribution in [0.25, 0.3) is 0 Å². The van der Waals surface area contributed by atoms with Gasteiger partial charge in [-0.3, -0.25) is 10.1 Å². The lowest BCUT2D eigenvalue weighted by Gasteiger charge is -2.37. The van der Waals surface area contributed by atoms with Crippen LogP contribution in [0.3, 0.4) is 0 Å². The second-order valence-electron chi connectivity index (χ2n) is 4.83. The van der Waals surface area contributed by atoms with E-state index < -0.39 is 10.7 Å². The van der Waals surface area contributed by atoms with Crippen molar-refractivity contribution < 1.29 is 9.31 Å². The molecule has 1 saturated heterocycles. The van der Waals surface area contributed by atoms with Gasteiger partial charge < -0.3 is 10.2 Å². The minimum Gasteiger partial charge on any atom is -0.367 e. The van der Waals surface area contributed by atoms with E-state index in [1.807, 2.05) is 7.05 Å². The summed E-state index contributed by atoms with van der Waals surface area (Å²) in [7, 11) is 1.88. The predicted molar refractivity (Wildman–Crippen MR) is 72.0 cm³/mol. The molecular weight excluding hydrogens is 249 g/mol. The van der Waals surface area contributed by atoms with Crippen LogP contribution in [-0.4, -0.2) is 31.1 Å². The van der Waals surface area contributed by atoms with Crippen molar-refractivity contribution in [3.8, 4) is 0 Å². The number of nitro benzene ring substituents is 1. The van der Waals surface area contributed by atoms with E-state index in [0.29, 0.717) is 5.69 Å². The van der Waals surface area contributed by atoms with Gasteiger partial charge in [-0.15, -0.1) is 0 Å². The van der Waals surface area contributed by atoms with Gasteiger partial charge in [0, 0.05) is 30.9 Å². The molecule has 0 bridgehead atoms. The minimum atomic E-state index is -0.557. The van der Waals surface area contributed by atoms with Gasteiger partial charge in [0.2, 0.25) is 0 Å². The molecule has 1 aromatic carbocycles. The molecule has 1 N–H and O–H groups in total. The van der Waals surface area contributed by atoms with E-state index in [0.717, 1.165) is 38.4 Å². The zero-order valence-electron chi connectivity index (χ0n) is 10.9. The molecule has 6 heteroatoms. The van der Waals surface area contributed by atoms with Crippen molar-refractivity contribution in [1.29, 1.82) is 0 Å². The fourth-order valence-electron chi connectivity index (χ4n) is 2.62. The van der Waals surface area contributed by atoms with Crippen LogP contribution in [0.1, 0.15) is 19.3 Å². The van der Waals surface area contributed by atoms with Crippen molar-refractivity contribution in [2.75, 3.05) is 25.0 Å². The Morgan fingerprint density at radius 2 is 2.26 bits per heavy atom. The van der Waals surface area contributed by atoms with Gasteiger partial charge >= 0.3 is 0 Å². The molecular formula is C13H18FN3O2. The van der Waals surface area contributed by atoms with Crippen molar-refractivity contribution in [2.45, 2.75) is 25.3 Å². The average molecular weight is 267 g/mol. The molecule has 1 atom stereocenters. The molecule has 0 radical (unpaired) electrons. The highest BCUT2D eigenvalue weighted by Crippen LogP contribution is 2.28. The number of rotatable bonds is 4. The zero-order chi connectivity index (χ0) is 13.8. The van der Waals surface area contributed by atoms with E-state index in [-0.39, 0.29) is 11.7 Å². The first-order valence-electron chi connectivity index (χ1n) is 6.48. The number of non-ortho nitro benzene ring substituents is 1. The molecule has 1 aliphatic heterocycles. The maximum absolute atomic E-state index is 13.5. The number of hydrogen-bond donors (Lipinski definition) is 1. The van der Waals surface area contributed by atoms with Crippen LogP contribution >= 0.6 is 0 Å². The van der Waals surface area contributed by atoms with Crippen LogP contribution in [-0.2, 0) is 0 Å². The Morgan fingerprint density at radius 1 is 1.47 bits per heavy atom. The van der Waals surface area contributed by atoms with Crippen molar-refractivity contribution in [2.24, 2.45) is 0 Å². The summed E-state index contributed by atoms with van der Waals surface area (Å²) in [6.07, 6.45) is 3.19. The quantitative estimate of drug-likeness (QED) is 0.672. The average Bonchev–Trinajstić information content (AvgIpc) is 2.39. The van der Waals surface area contributed by atoms with Crippen LogP contribution in [0, 0.1) is 15.9 Å². The molecule has 0 amide bonds. The van der Waals surface area contributed by atoms with Crippen molar-refractivity contribution in [3.05, 3.63) is 34.1 Å². The number of nitro groups is 1. The Morgan fingerprint density at radius 3 is 2.95 bits per heavy atom. The van der Waals surface area contributed by atoms with Crippen molar-refractivity contribution >= 4 is 11.4 Å². The largest absolute Gasteiger partial charge is 0.367 e. The Kier molecular flexibility index (Phi) is 4.31. The number of nitrogens with one attached hydrogen (secondary N) is 1. The lowest BCUT2D eigenvalue weighted by molar-refractivity contribution is -0.385. The van der Waals surface area contributed by atoms with E-state index in [9.17, 15) is 14.5 Å². The first kappa shape index (κ1) is 13.7. The molecule has 1 fully saturated rings. The van der Waals surface area contributed by atoms with Crippen molar-refractivity contribution in [3.63, 3.8) is 0 Å². The van der Waals surface area contributed by atoms with Gasteiger partial charge in [0.25, 0.3) is 5.69 Å². The highest BCUT2D eigenvalue weighted by Gasteiger charge is 2.24. The molecule has 1 aromatic rings. The van der Waals surface area contributed by atoms with Gasteiger partial charge in [0.05, 0.1) is 11.0 Å². The van der Waals surface area contributed by atoms with Crippen LogP contribution in [0.15, 0.2) is 18.2 Å². The van der Waals surface area contributed by atoms with E-state index in [2.05, 4.69) is 10.2 Å². The monoisotopic (exact) mass is 267 g/mol. The van der Waals surface area contributed by atoms with Crippen LogP contribution in [0.4, 0.5) is 15.8 Å². The fourth-order valence-corrected chi connectivity index (χ4v) is 2.62. The molecule has 19 heavy (non-hydrogen) atoms. The maximum atomic E-state index is 13.5. The lowest BCUT2D eigenvalue weighted by atomic mass is 10.0. The summed E-state index contributed by atoms with van der Waals surface area (Å²) in [5.41, 5.74) is 0.412. The molecule has 0 saturated carbocycles. The predicted octanol–water partition coefficient (Wildman–Crippen LogP) is 2.31. The summed E-state index contributed by atoms with van der Waals surface area (Å²) in [5.74, 6) is -0.557. The zero-order valence-corrected chi connectivity index (χ0v) is 10.9. The molecule has 104 valence electrons. The second kappa shape index (κ2) is 5.97. The fraction of sp³-hybridized carbons (Fsp3) is 0.538. The summed E-state index contributed by atoms with van der Waals surface area (Å²) >= 11 is 0. The van der Waals surface area contributed by atoms with Crippen LogP contribution in [0.2, 0.25) is 0 Å². The highest BCUT2D eigenvalue weighted by molar-refractivity contribution is 5.54. The van der Waals surface area contributed by atoms with Crippen LogP contribution in [0.5, 0.6) is 0 Å². The first-order chi connectivity index (χ1) is 9.11. The Hall–Kier alpha value is -1.69. The Balaban J connectivity index is 2.30. The molecule has 5 nitrogen and oxygen atoms in total. The minimum absolute atomic E-state index is 0.191. The molecule has 0 aromatic heterocycles. The Bertz CT molecular complexity index is 465. The standard InChI is InChI=1S/C13H18FN3O2/c1-15-9-11-4-2-3-5-16(11)12-6-10(14)7-13(8-12)17(18)19/h6-8,11,15H,2-5,9H2,1H3. The second-order valence-corrected chi connectivity index (χ2v) is 4.83. The van der Waals surface area contributed by atoms with E-state index in [4.69, 9.17) is 0 Å². The van der Waals surface area contributed by atoms with Gasteiger partial charge in [0.15, 0.2) is 0 Å². The Labute approximate surface area is 111 Å². The highest BCUT2D eigenvalue weighted by atomic mass is 19.1. The number of anilines is 1. The van der Waals surface area contributed by atoms with Gasteiger partial charge in [-0.2, -0.15) is 0 Å². The smallest absolute Gasteiger partial charge is 0.274 e. The van der Waals surface area contributed by atoms with E-state index in [1.165, 1.54) is 12.1 Å². The third kappa shape index (κ3) is 3.20. The SMILES string of the molecule is CNCC1CCCCN1c1cc(F)cc([N+](=O)[O-])c1. The van der Waals surface area contributed by atoms with Gasteiger partial charge in [0.1, 0.15) is 5.82 Å². The summed E-state index contributed by atoms with van der Waals surface area (Å²) in [4.78, 5) is 12.3. The lowest BCUT2D eigenvalue weighted by Crippen LogP contribution is -2.45. The third-order valence-electron chi connectivity index (χ3n) is 3.48. The normalized spacial score (nSPS) is 19.5. The van der Waals surface area contributed by atoms with Gasteiger partial charge in [-0.05, 0) is 32.4 Å². The first-order valence-corrected chi connectivity index (χ1v) is 6.48. The summed E-state index contributed by atoms with van der Waals surface area (Å²) < 4.78 is 13.5. The molecule has 2 rings (SSSR count). The molecule has 1 unspecified atom stereocenters. The molecule has 0 aliphatic carbocycles. The van der Waals surface area contributed by atoms with Gasteiger partial charge in [-0.25, -0.2) is 4.39 Å². The van der Waals surface area contributed by atoms with Gasteiger partial charge in [-0.1, -0.05) is 0 Å². The van der Waals surface area contributed by atoms with Crippen molar-refractivity contribution in [1.82, 2.24) is 5.32 Å². The summed E-state index contributed by atoms with van der Waals surface area (Å²) in [6.45, 7) is 1.61. The van der Waals surface area contributed by atoms with E-state index in [1.54, 1.807) is 0 Å². The number of benzene rings is 1. The molecule has 1 heterocycles. The topological polar surface area (TPSA) is 58.4 Å². The molecule has 1 aliphatic rings. The number of hydrogen-bond acceptors (Lipinski definition) is 4. The number of halogens is 1. The molecule has 0 spiro atoms. The summed E-state index contributed by atoms with van der Waals surface area (Å²) in [6, 6.07) is 4.05. The van der Waals surface area contributed by atoms with Crippen LogP contribution < -0.4 is 10.2 Å².